The van der Waals surface area contributed by atoms with Crippen LogP contribution in [0.4, 0.5) is 11.4 Å². The molecular formula is C12H16N2O5. The molecule has 104 valence electrons. The molecule has 0 aromatic heterocycles. The van der Waals surface area contributed by atoms with Gasteiger partial charge in [0.05, 0.1) is 4.92 Å². The van der Waals surface area contributed by atoms with Gasteiger partial charge in [-0.15, -0.1) is 0 Å². The number of nitrogens with one attached hydrogen (secondary N) is 1. The minimum atomic E-state index is -1.32. The molecule has 0 bridgehead atoms. The number of aliphatic hydroxyl groups excluding tert-OH is 1. The minimum absolute atomic E-state index is 0.152. The van der Waals surface area contributed by atoms with Gasteiger partial charge in [0.2, 0.25) is 0 Å². The number of carboxylic acid groups (broad SMARTS) is 1. The van der Waals surface area contributed by atoms with Crippen LogP contribution in [0.5, 0.6) is 0 Å². The number of nitro groups is 1. The van der Waals surface area contributed by atoms with Gasteiger partial charge in [-0.05, 0) is 31.4 Å². The molecule has 0 aliphatic rings. The monoisotopic (exact) mass is 268 g/mol. The molecule has 0 fully saturated rings. The number of anilines is 1. The zero-order valence-corrected chi connectivity index (χ0v) is 10.3. The first-order valence-corrected chi connectivity index (χ1v) is 5.92. The van der Waals surface area contributed by atoms with Crippen molar-refractivity contribution in [3.63, 3.8) is 0 Å². The van der Waals surface area contributed by atoms with Crippen LogP contribution < -0.4 is 5.32 Å². The van der Waals surface area contributed by atoms with Crippen LogP contribution in [0.15, 0.2) is 18.2 Å². The van der Waals surface area contributed by atoms with Gasteiger partial charge in [-0.2, -0.15) is 0 Å². The second-order valence-electron chi connectivity index (χ2n) is 4.01. The van der Waals surface area contributed by atoms with Crippen molar-refractivity contribution < 1.29 is 19.9 Å². The van der Waals surface area contributed by atoms with Gasteiger partial charge in [-0.25, -0.2) is 4.79 Å². The summed E-state index contributed by atoms with van der Waals surface area (Å²) in [7, 11) is 0. The summed E-state index contributed by atoms with van der Waals surface area (Å²) >= 11 is 0. The zero-order chi connectivity index (χ0) is 14.3. The lowest BCUT2D eigenvalue weighted by atomic mass is 10.1. The first kappa shape index (κ1) is 14.9. The first-order chi connectivity index (χ1) is 9.06. The third kappa shape index (κ3) is 4.55. The molecule has 0 saturated heterocycles. The van der Waals surface area contributed by atoms with Crippen molar-refractivity contribution >= 4 is 17.3 Å². The van der Waals surface area contributed by atoms with Crippen molar-refractivity contribution in [2.24, 2.45) is 0 Å². The average molecular weight is 268 g/mol. The van der Waals surface area contributed by atoms with Gasteiger partial charge < -0.3 is 15.5 Å². The second kappa shape index (κ2) is 7.32. The van der Waals surface area contributed by atoms with Crippen molar-refractivity contribution in [1.29, 1.82) is 0 Å². The Kier molecular flexibility index (Phi) is 5.74. The van der Waals surface area contributed by atoms with E-state index in [1.54, 1.807) is 0 Å². The summed E-state index contributed by atoms with van der Waals surface area (Å²) in [5.74, 6) is -1.32. The van der Waals surface area contributed by atoms with Crippen molar-refractivity contribution in [1.82, 2.24) is 0 Å². The Balaban J connectivity index is 2.68. The molecule has 7 nitrogen and oxygen atoms in total. The molecule has 0 amide bonds. The predicted molar refractivity (Wildman–Crippen MR) is 69.5 cm³/mol. The number of nitro benzene ring substituents is 1. The van der Waals surface area contributed by atoms with E-state index in [-0.39, 0.29) is 12.2 Å². The number of hydrogen-bond donors (Lipinski definition) is 3. The zero-order valence-electron chi connectivity index (χ0n) is 10.3. The van der Waals surface area contributed by atoms with E-state index in [4.69, 9.17) is 10.2 Å². The van der Waals surface area contributed by atoms with Crippen LogP contribution in [-0.2, 0) is 0 Å². The number of benzene rings is 1. The molecular weight excluding hydrogens is 252 g/mol. The fourth-order valence-corrected chi connectivity index (χ4v) is 1.62. The van der Waals surface area contributed by atoms with Gasteiger partial charge in [0.25, 0.3) is 5.69 Å². The Bertz CT molecular complexity index is 461. The van der Waals surface area contributed by atoms with Gasteiger partial charge in [-0.3, -0.25) is 10.1 Å². The first-order valence-electron chi connectivity index (χ1n) is 5.92. The number of nitrogens with zero attached hydrogens (tertiary/aromatic N) is 1. The maximum atomic E-state index is 10.8. The summed E-state index contributed by atoms with van der Waals surface area (Å²) in [5.41, 5.74) is -0.232. The molecule has 0 atom stereocenters. The molecule has 19 heavy (non-hydrogen) atoms. The Hall–Kier alpha value is -2.15. The van der Waals surface area contributed by atoms with Crippen molar-refractivity contribution in [3.05, 3.63) is 33.9 Å². The van der Waals surface area contributed by atoms with Crippen LogP contribution in [0.25, 0.3) is 0 Å². The maximum absolute atomic E-state index is 10.8. The lowest BCUT2D eigenvalue weighted by Gasteiger charge is -2.07. The van der Waals surface area contributed by atoms with E-state index in [1.807, 2.05) is 0 Å². The van der Waals surface area contributed by atoms with Gasteiger partial charge >= 0.3 is 5.97 Å². The van der Waals surface area contributed by atoms with Gasteiger partial charge in [0.15, 0.2) is 0 Å². The van der Waals surface area contributed by atoms with E-state index in [0.717, 1.165) is 19.3 Å². The molecule has 1 aromatic carbocycles. The molecule has 1 rings (SSSR count). The number of rotatable bonds is 8. The smallest absolute Gasteiger partial charge is 0.342 e. The highest BCUT2D eigenvalue weighted by atomic mass is 16.6. The van der Waals surface area contributed by atoms with Crippen LogP contribution in [0, 0.1) is 10.1 Å². The number of unbranched alkanes of at least 4 members (excludes halogenated alkanes) is 2. The van der Waals surface area contributed by atoms with Crippen LogP contribution in [-0.4, -0.2) is 34.3 Å². The molecule has 0 saturated carbocycles. The van der Waals surface area contributed by atoms with E-state index in [2.05, 4.69) is 5.32 Å². The Labute approximate surface area is 110 Å². The second-order valence-corrected chi connectivity index (χ2v) is 4.01. The predicted octanol–water partition coefficient (Wildman–Crippen LogP) is 1.87. The van der Waals surface area contributed by atoms with Crippen molar-refractivity contribution in [2.45, 2.75) is 19.3 Å². The topological polar surface area (TPSA) is 113 Å². The lowest BCUT2D eigenvalue weighted by molar-refractivity contribution is -0.385. The number of carbonyl (C=O) groups is 1. The number of aliphatic hydroxyl groups is 1. The van der Waals surface area contributed by atoms with Gasteiger partial charge in [-0.1, -0.05) is 0 Å². The van der Waals surface area contributed by atoms with E-state index < -0.39 is 16.6 Å². The highest BCUT2D eigenvalue weighted by molar-refractivity contribution is 5.93. The summed E-state index contributed by atoms with van der Waals surface area (Å²) in [4.78, 5) is 20.9. The molecule has 3 N–H and O–H groups in total. The van der Waals surface area contributed by atoms with Crippen LogP contribution in [0.2, 0.25) is 0 Å². The van der Waals surface area contributed by atoms with Crippen LogP contribution in [0.3, 0.4) is 0 Å². The van der Waals surface area contributed by atoms with E-state index in [9.17, 15) is 14.9 Å². The van der Waals surface area contributed by atoms with Gasteiger partial charge in [0.1, 0.15) is 5.56 Å². The van der Waals surface area contributed by atoms with Crippen molar-refractivity contribution in [2.75, 3.05) is 18.5 Å². The molecule has 0 aliphatic heterocycles. The Morgan fingerprint density at radius 1 is 1.32 bits per heavy atom. The normalized spacial score (nSPS) is 10.2. The Morgan fingerprint density at radius 2 is 2.05 bits per heavy atom. The van der Waals surface area contributed by atoms with E-state index in [1.165, 1.54) is 18.2 Å². The quantitative estimate of drug-likeness (QED) is 0.377. The van der Waals surface area contributed by atoms with E-state index >= 15 is 0 Å². The Morgan fingerprint density at radius 3 is 2.63 bits per heavy atom. The summed E-state index contributed by atoms with van der Waals surface area (Å²) in [6.45, 7) is 0.766. The number of aromatic carboxylic acids is 1. The highest BCUT2D eigenvalue weighted by Gasteiger charge is 2.19. The summed E-state index contributed by atoms with van der Waals surface area (Å²) in [6.07, 6.45) is 2.41. The van der Waals surface area contributed by atoms with Crippen molar-refractivity contribution in [3.8, 4) is 0 Å². The average Bonchev–Trinajstić information content (AvgIpc) is 2.38. The minimum Gasteiger partial charge on any atom is -0.477 e. The highest BCUT2D eigenvalue weighted by Crippen LogP contribution is 2.23. The van der Waals surface area contributed by atoms with Crippen LogP contribution >= 0.6 is 0 Å². The summed E-state index contributed by atoms with van der Waals surface area (Å²) < 4.78 is 0. The standard InChI is InChI=1S/C12H16N2O5/c15-7-3-1-2-6-13-9-4-5-10(12(16)17)11(8-9)14(18)19/h4-5,8,13,15H,1-3,6-7H2,(H,16,17). The fraction of sp³-hybridized carbons (Fsp3) is 0.417. The van der Waals surface area contributed by atoms with Crippen LogP contribution in [0.1, 0.15) is 29.6 Å². The molecule has 0 radical (unpaired) electrons. The maximum Gasteiger partial charge on any atom is 0.342 e. The molecule has 1 aromatic rings. The number of carboxylic acids is 1. The molecule has 0 heterocycles. The molecule has 7 heteroatoms. The largest absolute Gasteiger partial charge is 0.477 e. The molecule has 0 spiro atoms. The third-order valence-corrected chi connectivity index (χ3v) is 2.59. The molecule has 0 unspecified atom stereocenters. The fourth-order valence-electron chi connectivity index (χ4n) is 1.62. The lowest BCUT2D eigenvalue weighted by Crippen LogP contribution is -2.06. The van der Waals surface area contributed by atoms with E-state index in [0.29, 0.717) is 12.2 Å². The van der Waals surface area contributed by atoms with Gasteiger partial charge in [0, 0.05) is 24.9 Å². The SMILES string of the molecule is O=C(O)c1ccc(NCCCCCO)cc1[N+](=O)[O-]. The molecule has 0 aliphatic carbocycles. The summed E-state index contributed by atoms with van der Waals surface area (Å²) in [6, 6.07) is 3.94. The third-order valence-electron chi connectivity index (χ3n) is 2.59. The summed E-state index contributed by atoms with van der Waals surface area (Å²) in [5, 5.41) is 31.2. The number of hydrogen-bond acceptors (Lipinski definition) is 5.